The van der Waals surface area contributed by atoms with E-state index in [1.807, 2.05) is 32.0 Å². The molecular formula is C14H22N2O3. The highest BCUT2D eigenvalue weighted by Crippen LogP contribution is 2.17. The second-order valence-electron chi connectivity index (χ2n) is 4.57. The molecule has 2 atom stereocenters. The van der Waals surface area contributed by atoms with Gasteiger partial charge in [0.25, 0.3) is 5.91 Å². The van der Waals surface area contributed by atoms with Crippen molar-refractivity contribution in [2.75, 3.05) is 20.3 Å². The Labute approximate surface area is 114 Å². The number of ether oxygens (including phenoxy) is 2. The molecule has 2 unspecified atom stereocenters. The third-order valence-electron chi connectivity index (χ3n) is 2.58. The Bertz CT molecular complexity index is 407. The molecule has 0 aliphatic heterocycles. The van der Waals surface area contributed by atoms with Gasteiger partial charge in [-0.25, -0.2) is 0 Å². The van der Waals surface area contributed by atoms with Gasteiger partial charge in [-0.05, 0) is 31.5 Å². The van der Waals surface area contributed by atoms with E-state index in [2.05, 4.69) is 5.32 Å². The summed E-state index contributed by atoms with van der Waals surface area (Å²) in [6.07, 6.45) is 0. The van der Waals surface area contributed by atoms with Crippen molar-refractivity contribution in [3.05, 3.63) is 29.8 Å². The van der Waals surface area contributed by atoms with Gasteiger partial charge in [-0.2, -0.15) is 0 Å². The van der Waals surface area contributed by atoms with Crippen LogP contribution >= 0.6 is 0 Å². The molecule has 0 fully saturated rings. The molecular weight excluding hydrogens is 244 g/mol. The highest BCUT2D eigenvalue weighted by molar-refractivity contribution is 5.77. The van der Waals surface area contributed by atoms with Gasteiger partial charge in [-0.3, -0.25) is 4.79 Å². The predicted molar refractivity (Wildman–Crippen MR) is 74.0 cm³/mol. The summed E-state index contributed by atoms with van der Waals surface area (Å²) in [6.45, 7) is 4.23. The molecule has 19 heavy (non-hydrogen) atoms. The van der Waals surface area contributed by atoms with Crippen LogP contribution in [0.15, 0.2) is 24.3 Å². The van der Waals surface area contributed by atoms with E-state index in [1.165, 1.54) is 0 Å². The topological polar surface area (TPSA) is 73.6 Å². The molecule has 106 valence electrons. The van der Waals surface area contributed by atoms with Gasteiger partial charge in [-0.15, -0.1) is 0 Å². The molecule has 0 radical (unpaired) electrons. The van der Waals surface area contributed by atoms with Crippen molar-refractivity contribution in [1.29, 1.82) is 0 Å². The maximum atomic E-state index is 11.6. The van der Waals surface area contributed by atoms with Crippen molar-refractivity contribution in [3.8, 4) is 5.75 Å². The van der Waals surface area contributed by atoms with Gasteiger partial charge in [-0.1, -0.05) is 12.1 Å². The summed E-state index contributed by atoms with van der Waals surface area (Å²) >= 11 is 0. The molecule has 5 heteroatoms. The fraction of sp³-hybridized carbons (Fsp3) is 0.500. The van der Waals surface area contributed by atoms with Gasteiger partial charge in [0.1, 0.15) is 5.75 Å². The number of hydrogen-bond donors (Lipinski definition) is 2. The van der Waals surface area contributed by atoms with E-state index in [-0.39, 0.29) is 24.6 Å². The minimum Gasteiger partial charge on any atom is -0.484 e. The van der Waals surface area contributed by atoms with Crippen LogP contribution in [-0.2, 0) is 9.53 Å². The summed E-state index contributed by atoms with van der Waals surface area (Å²) < 4.78 is 10.4. The van der Waals surface area contributed by atoms with Gasteiger partial charge >= 0.3 is 0 Å². The van der Waals surface area contributed by atoms with Crippen LogP contribution < -0.4 is 15.8 Å². The minimum atomic E-state index is -0.171. The number of nitrogens with two attached hydrogens (primary N) is 1. The van der Waals surface area contributed by atoms with Gasteiger partial charge in [0.15, 0.2) is 6.61 Å². The molecule has 3 N–H and O–H groups in total. The number of methoxy groups -OCH3 is 1. The summed E-state index contributed by atoms with van der Waals surface area (Å²) in [5.74, 6) is 0.472. The average Bonchev–Trinajstić information content (AvgIpc) is 2.37. The van der Waals surface area contributed by atoms with Crippen LogP contribution in [0.5, 0.6) is 5.75 Å². The van der Waals surface area contributed by atoms with E-state index < -0.39 is 0 Å². The second-order valence-corrected chi connectivity index (χ2v) is 4.57. The van der Waals surface area contributed by atoms with Crippen molar-refractivity contribution in [2.45, 2.75) is 25.9 Å². The zero-order chi connectivity index (χ0) is 14.3. The number of benzene rings is 1. The maximum absolute atomic E-state index is 11.6. The van der Waals surface area contributed by atoms with Crippen molar-refractivity contribution in [3.63, 3.8) is 0 Å². The molecule has 0 saturated carbocycles. The summed E-state index contributed by atoms with van der Waals surface area (Å²) in [5, 5.41) is 2.77. The van der Waals surface area contributed by atoms with Crippen LogP contribution in [0.3, 0.4) is 0 Å². The molecule has 0 aromatic heterocycles. The third kappa shape index (κ3) is 5.72. The van der Waals surface area contributed by atoms with Crippen LogP contribution in [0.4, 0.5) is 0 Å². The molecule has 0 heterocycles. The van der Waals surface area contributed by atoms with Crippen LogP contribution in [0, 0.1) is 0 Å². The lowest BCUT2D eigenvalue weighted by Gasteiger charge is -2.14. The fourth-order valence-electron chi connectivity index (χ4n) is 1.64. The van der Waals surface area contributed by atoms with Gasteiger partial charge in [0, 0.05) is 19.2 Å². The summed E-state index contributed by atoms with van der Waals surface area (Å²) in [7, 11) is 1.60. The zero-order valence-corrected chi connectivity index (χ0v) is 11.7. The SMILES string of the molecule is COCC(C)NC(=O)COc1cccc(C(C)N)c1. The van der Waals surface area contributed by atoms with Crippen molar-refractivity contribution >= 4 is 5.91 Å². The normalized spacial score (nSPS) is 13.7. The van der Waals surface area contributed by atoms with Gasteiger partial charge < -0.3 is 20.5 Å². The Morgan fingerprint density at radius 2 is 2.16 bits per heavy atom. The molecule has 1 aromatic carbocycles. The molecule has 0 bridgehead atoms. The first-order valence-corrected chi connectivity index (χ1v) is 6.29. The van der Waals surface area contributed by atoms with Gasteiger partial charge in [0.2, 0.25) is 0 Å². The molecule has 1 aromatic rings. The van der Waals surface area contributed by atoms with E-state index in [0.29, 0.717) is 12.4 Å². The summed E-state index contributed by atoms with van der Waals surface area (Å²) in [4.78, 5) is 11.6. The lowest BCUT2D eigenvalue weighted by atomic mass is 10.1. The molecule has 0 aliphatic carbocycles. The molecule has 1 rings (SSSR count). The van der Waals surface area contributed by atoms with E-state index >= 15 is 0 Å². The second kappa shape index (κ2) is 7.76. The Morgan fingerprint density at radius 1 is 1.42 bits per heavy atom. The number of nitrogens with one attached hydrogen (secondary N) is 1. The van der Waals surface area contributed by atoms with Crippen LogP contribution in [-0.4, -0.2) is 32.3 Å². The third-order valence-corrected chi connectivity index (χ3v) is 2.58. The van der Waals surface area contributed by atoms with Crippen molar-refractivity contribution in [1.82, 2.24) is 5.32 Å². The number of hydrogen-bond acceptors (Lipinski definition) is 4. The maximum Gasteiger partial charge on any atom is 0.258 e. The van der Waals surface area contributed by atoms with Crippen LogP contribution in [0.2, 0.25) is 0 Å². The fourth-order valence-corrected chi connectivity index (χ4v) is 1.64. The predicted octanol–water partition coefficient (Wildman–Crippen LogP) is 1.24. The molecule has 1 amide bonds. The van der Waals surface area contributed by atoms with E-state index in [4.69, 9.17) is 15.2 Å². The smallest absolute Gasteiger partial charge is 0.258 e. The van der Waals surface area contributed by atoms with Crippen LogP contribution in [0.1, 0.15) is 25.5 Å². The van der Waals surface area contributed by atoms with E-state index in [0.717, 1.165) is 5.56 Å². The number of amides is 1. The van der Waals surface area contributed by atoms with Crippen molar-refractivity contribution < 1.29 is 14.3 Å². The quantitative estimate of drug-likeness (QED) is 0.778. The minimum absolute atomic E-state index is 0.0174. The Balaban J connectivity index is 2.43. The van der Waals surface area contributed by atoms with Crippen molar-refractivity contribution in [2.24, 2.45) is 5.73 Å². The van der Waals surface area contributed by atoms with E-state index in [1.54, 1.807) is 13.2 Å². The first kappa shape index (κ1) is 15.5. The van der Waals surface area contributed by atoms with E-state index in [9.17, 15) is 4.79 Å². The standard InChI is InChI=1S/C14H22N2O3/c1-10(8-18-3)16-14(17)9-19-13-6-4-5-12(7-13)11(2)15/h4-7,10-11H,8-9,15H2,1-3H3,(H,16,17). The highest BCUT2D eigenvalue weighted by Gasteiger charge is 2.08. The Hall–Kier alpha value is -1.59. The summed E-state index contributed by atoms with van der Waals surface area (Å²) in [5.41, 5.74) is 6.77. The van der Waals surface area contributed by atoms with Crippen LogP contribution in [0.25, 0.3) is 0 Å². The first-order valence-electron chi connectivity index (χ1n) is 6.29. The summed E-state index contributed by atoms with van der Waals surface area (Å²) in [6, 6.07) is 7.35. The zero-order valence-electron chi connectivity index (χ0n) is 11.7. The lowest BCUT2D eigenvalue weighted by molar-refractivity contribution is -0.124. The number of carbonyl (C=O) groups excluding carboxylic acids is 1. The molecule has 0 aliphatic rings. The molecule has 5 nitrogen and oxygen atoms in total. The highest BCUT2D eigenvalue weighted by atomic mass is 16.5. The first-order chi connectivity index (χ1) is 9.02. The molecule has 0 spiro atoms. The lowest BCUT2D eigenvalue weighted by Crippen LogP contribution is -2.38. The monoisotopic (exact) mass is 266 g/mol. The Morgan fingerprint density at radius 3 is 2.79 bits per heavy atom. The Kier molecular flexibility index (Phi) is 6.32. The number of rotatable bonds is 7. The molecule has 0 saturated heterocycles. The average molecular weight is 266 g/mol. The van der Waals surface area contributed by atoms with Gasteiger partial charge in [0.05, 0.1) is 6.61 Å². The largest absolute Gasteiger partial charge is 0.484 e. The number of carbonyl (C=O) groups is 1.